The standard InChI is InChI=1S/C12H17N3O4S/c1-14-8-3-2-7-12(14)13-20(18,19)11-6-4-5-10(9-11)15(16)17/h4-6,9,12-13H,2-3,7-8H2,1H3. The summed E-state index contributed by atoms with van der Waals surface area (Å²) in [5.41, 5.74) is -0.232. The SMILES string of the molecule is CN1CCCCC1NS(=O)(=O)c1cccc([N+](=O)[O-])c1. The quantitative estimate of drug-likeness (QED) is 0.668. The summed E-state index contributed by atoms with van der Waals surface area (Å²) in [5.74, 6) is 0. The highest BCUT2D eigenvalue weighted by atomic mass is 32.2. The molecule has 0 aromatic heterocycles. The molecule has 0 amide bonds. The molecule has 1 aliphatic rings. The van der Waals surface area contributed by atoms with Crippen molar-refractivity contribution in [1.82, 2.24) is 9.62 Å². The first-order chi connectivity index (χ1) is 9.40. The number of sulfonamides is 1. The Morgan fingerprint density at radius 1 is 1.40 bits per heavy atom. The van der Waals surface area contributed by atoms with Crippen LogP contribution in [0.2, 0.25) is 0 Å². The molecule has 1 aromatic carbocycles. The maximum atomic E-state index is 12.3. The molecule has 8 heteroatoms. The van der Waals surface area contributed by atoms with Gasteiger partial charge in [0.1, 0.15) is 0 Å². The largest absolute Gasteiger partial charge is 0.290 e. The molecule has 110 valence electrons. The number of likely N-dealkylation sites (tertiary alicyclic amines) is 1. The molecule has 0 bridgehead atoms. The summed E-state index contributed by atoms with van der Waals surface area (Å²) in [6.07, 6.45) is 2.50. The number of nitrogens with one attached hydrogen (secondary N) is 1. The normalized spacial score (nSPS) is 20.8. The van der Waals surface area contributed by atoms with Gasteiger partial charge in [0.2, 0.25) is 10.0 Å². The molecular weight excluding hydrogens is 282 g/mol. The van der Waals surface area contributed by atoms with Crippen molar-refractivity contribution in [3.05, 3.63) is 34.4 Å². The monoisotopic (exact) mass is 299 g/mol. The number of piperidine rings is 1. The van der Waals surface area contributed by atoms with Crippen molar-refractivity contribution in [2.24, 2.45) is 0 Å². The maximum absolute atomic E-state index is 12.3. The summed E-state index contributed by atoms with van der Waals surface area (Å²) >= 11 is 0. The minimum atomic E-state index is -3.74. The number of nitro groups is 1. The molecule has 0 saturated carbocycles. The minimum absolute atomic E-state index is 0.0781. The molecule has 2 rings (SSSR count). The smallest absolute Gasteiger partial charge is 0.270 e. The lowest BCUT2D eigenvalue weighted by atomic mass is 10.1. The molecule has 1 aliphatic heterocycles. The Bertz CT molecular complexity index is 602. The van der Waals surface area contributed by atoms with Crippen molar-refractivity contribution in [2.45, 2.75) is 30.3 Å². The molecule has 0 spiro atoms. The lowest BCUT2D eigenvalue weighted by Crippen LogP contribution is -2.48. The highest BCUT2D eigenvalue weighted by Gasteiger charge is 2.26. The second-order valence-corrected chi connectivity index (χ2v) is 6.58. The van der Waals surface area contributed by atoms with Gasteiger partial charge in [0.05, 0.1) is 16.0 Å². The first kappa shape index (κ1) is 14.9. The molecule has 0 radical (unpaired) electrons. The predicted molar refractivity (Wildman–Crippen MR) is 73.7 cm³/mol. The molecule has 1 aromatic rings. The van der Waals surface area contributed by atoms with Gasteiger partial charge < -0.3 is 0 Å². The van der Waals surface area contributed by atoms with E-state index in [1.807, 2.05) is 11.9 Å². The van der Waals surface area contributed by atoms with Gasteiger partial charge in [-0.05, 0) is 38.9 Å². The van der Waals surface area contributed by atoms with E-state index in [9.17, 15) is 18.5 Å². The number of non-ortho nitro benzene ring substituents is 1. The van der Waals surface area contributed by atoms with E-state index in [4.69, 9.17) is 0 Å². The van der Waals surface area contributed by atoms with Gasteiger partial charge in [-0.3, -0.25) is 15.0 Å². The Balaban J connectivity index is 2.21. The molecular formula is C12H17N3O4S. The zero-order valence-corrected chi connectivity index (χ0v) is 12.0. The fraction of sp³-hybridized carbons (Fsp3) is 0.500. The van der Waals surface area contributed by atoms with E-state index >= 15 is 0 Å². The second kappa shape index (κ2) is 5.86. The van der Waals surface area contributed by atoms with Crippen LogP contribution >= 0.6 is 0 Å². The number of benzene rings is 1. The van der Waals surface area contributed by atoms with Crippen LogP contribution in [-0.4, -0.2) is 38.0 Å². The first-order valence-electron chi connectivity index (χ1n) is 6.37. The Morgan fingerprint density at radius 2 is 2.15 bits per heavy atom. The van der Waals surface area contributed by atoms with Crippen molar-refractivity contribution in [1.29, 1.82) is 0 Å². The van der Waals surface area contributed by atoms with Gasteiger partial charge in [0.15, 0.2) is 0 Å². The van der Waals surface area contributed by atoms with E-state index in [2.05, 4.69) is 4.72 Å². The van der Waals surface area contributed by atoms with Crippen LogP contribution < -0.4 is 4.72 Å². The molecule has 1 fully saturated rings. The van der Waals surface area contributed by atoms with Crippen molar-refractivity contribution in [3.63, 3.8) is 0 Å². The van der Waals surface area contributed by atoms with Crippen LogP contribution in [0.5, 0.6) is 0 Å². The molecule has 20 heavy (non-hydrogen) atoms. The fourth-order valence-electron chi connectivity index (χ4n) is 2.24. The Kier molecular flexibility index (Phi) is 4.36. The second-order valence-electron chi connectivity index (χ2n) is 4.87. The van der Waals surface area contributed by atoms with E-state index < -0.39 is 14.9 Å². The topological polar surface area (TPSA) is 92.6 Å². The van der Waals surface area contributed by atoms with Crippen LogP contribution in [0.25, 0.3) is 0 Å². The highest BCUT2D eigenvalue weighted by Crippen LogP contribution is 2.19. The van der Waals surface area contributed by atoms with Crippen molar-refractivity contribution in [3.8, 4) is 0 Å². The van der Waals surface area contributed by atoms with E-state index in [-0.39, 0.29) is 16.7 Å². The number of nitro benzene ring substituents is 1. The number of rotatable bonds is 4. The summed E-state index contributed by atoms with van der Waals surface area (Å²) < 4.78 is 27.1. The maximum Gasteiger partial charge on any atom is 0.270 e. The predicted octanol–water partition coefficient (Wildman–Crippen LogP) is 1.31. The molecule has 1 saturated heterocycles. The van der Waals surface area contributed by atoms with Crippen molar-refractivity contribution in [2.75, 3.05) is 13.6 Å². The molecule has 1 heterocycles. The summed E-state index contributed by atoms with van der Waals surface area (Å²) in [6, 6.07) is 5.08. The molecule has 1 atom stereocenters. The highest BCUT2D eigenvalue weighted by molar-refractivity contribution is 7.89. The van der Waals surface area contributed by atoms with Crippen LogP contribution in [0.1, 0.15) is 19.3 Å². The van der Waals surface area contributed by atoms with Crippen LogP contribution in [0.3, 0.4) is 0 Å². The van der Waals surface area contributed by atoms with Gasteiger partial charge in [-0.25, -0.2) is 8.42 Å². The van der Waals surface area contributed by atoms with Crippen LogP contribution in [0, 0.1) is 10.1 Å². The summed E-state index contributed by atoms with van der Waals surface area (Å²) in [6.45, 7) is 0.835. The van der Waals surface area contributed by atoms with E-state index in [1.165, 1.54) is 18.2 Å². The minimum Gasteiger partial charge on any atom is -0.290 e. The summed E-state index contributed by atoms with van der Waals surface area (Å²) in [5, 5.41) is 10.7. The Morgan fingerprint density at radius 3 is 2.80 bits per heavy atom. The average Bonchev–Trinajstić information content (AvgIpc) is 2.41. The molecule has 7 nitrogen and oxygen atoms in total. The lowest BCUT2D eigenvalue weighted by molar-refractivity contribution is -0.385. The Labute approximate surface area is 117 Å². The average molecular weight is 299 g/mol. The summed E-state index contributed by atoms with van der Waals surface area (Å²) in [7, 11) is -1.88. The third kappa shape index (κ3) is 3.33. The summed E-state index contributed by atoms with van der Waals surface area (Å²) in [4.78, 5) is 12.0. The third-order valence-electron chi connectivity index (χ3n) is 3.40. The molecule has 0 aliphatic carbocycles. The Hall–Kier alpha value is -1.51. The fourth-order valence-corrected chi connectivity index (χ4v) is 3.56. The number of nitrogens with zero attached hydrogens (tertiary/aromatic N) is 2. The molecule has 1 N–H and O–H groups in total. The first-order valence-corrected chi connectivity index (χ1v) is 7.85. The van der Waals surface area contributed by atoms with Crippen LogP contribution in [0.4, 0.5) is 5.69 Å². The van der Waals surface area contributed by atoms with Gasteiger partial charge >= 0.3 is 0 Å². The van der Waals surface area contributed by atoms with E-state index in [0.717, 1.165) is 31.9 Å². The third-order valence-corrected chi connectivity index (χ3v) is 4.86. The van der Waals surface area contributed by atoms with Gasteiger partial charge in [0.25, 0.3) is 5.69 Å². The van der Waals surface area contributed by atoms with Crippen LogP contribution in [0.15, 0.2) is 29.2 Å². The van der Waals surface area contributed by atoms with Gasteiger partial charge in [-0.15, -0.1) is 0 Å². The van der Waals surface area contributed by atoms with Crippen LogP contribution in [-0.2, 0) is 10.0 Å². The zero-order valence-electron chi connectivity index (χ0n) is 11.2. The molecule has 1 unspecified atom stereocenters. The number of hydrogen-bond donors (Lipinski definition) is 1. The van der Waals surface area contributed by atoms with Gasteiger partial charge in [-0.1, -0.05) is 6.07 Å². The van der Waals surface area contributed by atoms with Gasteiger partial charge in [0, 0.05) is 12.1 Å². The van der Waals surface area contributed by atoms with Gasteiger partial charge in [-0.2, -0.15) is 4.72 Å². The van der Waals surface area contributed by atoms with Crippen molar-refractivity contribution < 1.29 is 13.3 Å². The van der Waals surface area contributed by atoms with E-state index in [0.29, 0.717) is 0 Å². The zero-order chi connectivity index (χ0) is 14.8. The van der Waals surface area contributed by atoms with E-state index in [1.54, 1.807) is 0 Å². The number of hydrogen-bond acceptors (Lipinski definition) is 5. The van der Waals surface area contributed by atoms with Crippen molar-refractivity contribution >= 4 is 15.7 Å². The lowest BCUT2D eigenvalue weighted by Gasteiger charge is -2.32.